The fourth-order valence-electron chi connectivity index (χ4n) is 2.20. The van der Waals surface area contributed by atoms with Gasteiger partial charge in [0.2, 0.25) is 0 Å². The SMILES string of the molecule is CCCCB1C=CC=CC1CCCC. The minimum atomic E-state index is 0.825. The number of rotatable bonds is 6. The molecule has 1 rings (SSSR count). The van der Waals surface area contributed by atoms with Crippen LogP contribution in [0.5, 0.6) is 0 Å². The van der Waals surface area contributed by atoms with Crippen molar-refractivity contribution in [2.45, 2.75) is 58.1 Å². The van der Waals surface area contributed by atoms with Crippen LogP contribution in [0, 0.1) is 0 Å². The molecule has 0 aromatic rings. The van der Waals surface area contributed by atoms with Gasteiger partial charge in [0, 0.05) is 0 Å². The van der Waals surface area contributed by atoms with Gasteiger partial charge in [0.1, 0.15) is 0 Å². The van der Waals surface area contributed by atoms with E-state index in [1.165, 1.54) is 38.4 Å². The summed E-state index contributed by atoms with van der Waals surface area (Å²) in [6, 6.07) is 0. The third-order valence-electron chi connectivity index (χ3n) is 3.16. The van der Waals surface area contributed by atoms with Crippen molar-refractivity contribution in [2.24, 2.45) is 0 Å². The quantitative estimate of drug-likeness (QED) is 0.540. The first-order chi connectivity index (χ1) is 6.88. The second-order valence-corrected chi connectivity index (χ2v) is 4.38. The van der Waals surface area contributed by atoms with E-state index in [1.807, 2.05) is 0 Å². The molecule has 1 atom stereocenters. The van der Waals surface area contributed by atoms with E-state index in [4.69, 9.17) is 0 Å². The predicted octanol–water partition coefficient (Wildman–Crippen LogP) is 4.51. The van der Waals surface area contributed by atoms with Crippen molar-refractivity contribution in [2.75, 3.05) is 0 Å². The highest BCUT2D eigenvalue weighted by Crippen LogP contribution is 2.27. The van der Waals surface area contributed by atoms with E-state index in [0.29, 0.717) is 0 Å². The van der Waals surface area contributed by atoms with Gasteiger partial charge in [-0.15, -0.1) is 5.98 Å². The van der Waals surface area contributed by atoms with E-state index >= 15 is 0 Å². The van der Waals surface area contributed by atoms with Gasteiger partial charge in [-0.1, -0.05) is 70.5 Å². The highest BCUT2D eigenvalue weighted by Gasteiger charge is 2.20. The van der Waals surface area contributed by atoms with Crippen molar-refractivity contribution < 1.29 is 0 Å². The molecule has 1 heterocycles. The Morgan fingerprint density at radius 1 is 1.07 bits per heavy atom. The van der Waals surface area contributed by atoms with Gasteiger partial charge in [-0.25, -0.2) is 0 Å². The molecule has 14 heavy (non-hydrogen) atoms. The fraction of sp³-hybridized carbons (Fsp3) is 0.692. The topological polar surface area (TPSA) is 0 Å². The van der Waals surface area contributed by atoms with Crippen LogP contribution >= 0.6 is 0 Å². The van der Waals surface area contributed by atoms with Gasteiger partial charge in [0.25, 0.3) is 0 Å². The maximum absolute atomic E-state index is 2.41. The van der Waals surface area contributed by atoms with Gasteiger partial charge in [-0.3, -0.25) is 0 Å². The average molecular weight is 190 g/mol. The normalized spacial score (nSPS) is 20.4. The van der Waals surface area contributed by atoms with Gasteiger partial charge in [-0.05, 0) is 5.82 Å². The summed E-state index contributed by atoms with van der Waals surface area (Å²) in [4.78, 5) is 0. The van der Waals surface area contributed by atoms with Crippen molar-refractivity contribution >= 4 is 6.71 Å². The number of hydrogen-bond donors (Lipinski definition) is 0. The Balaban J connectivity index is 2.36. The molecular formula is C13H23B. The third kappa shape index (κ3) is 3.73. The maximum atomic E-state index is 2.41. The molecule has 0 amide bonds. The minimum Gasteiger partial charge on any atom is -0.114 e. The van der Waals surface area contributed by atoms with Crippen LogP contribution in [-0.4, -0.2) is 6.71 Å². The molecule has 0 aromatic carbocycles. The summed E-state index contributed by atoms with van der Waals surface area (Å²) in [6.45, 7) is 5.39. The summed E-state index contributed by atoms with van der Waals surface area (Å²) in [6.07, 6.45) is 15.0. The zero-order valence-electron chi connectivity index (χ0n) is 9.71. The van der Waals surface area contributed by atoms with Crippen molar-refractivity contribution in [3.63, 3.8) is 0 Å². The molecule has 78 valence electrons. The minimum absolute atomic E-state index is 0.825. The highest BCUT2D eigenvalue weighted by atomic mass is 14.0. The van der Waals surface area contributed by atoms with E-state index in [-0.39, 0.29) is 0 Å². The molecular weight excluding hydrogens is 167 g/mol. The molecule has 0 aliphatic carbocycles. The molecule has 0 radical (unpaired) electrons. The molecule has 0 saturated heterocycles. The molecule has 1 heteroatoms. The molecule has 1 unspecified atom stereocenters. The summed E-state index contributed by atoms with van der Waals surface area (Å²) in [5.74, 6) is 3.24. The van der Waals surface area contributed by atoms with Crippen LogP contribution in [0.1, 0.15) is 46.0 Å². The molecule has 0 nitrogen and oxygen atoms in total. The van der Waals surface area contributed by atoms with Crippen molar-refractivity contribution in [3.8, 4) is 0 Å². The standard InChI is InChI=1S/C13H23B/c1-3-5-9-13-10-7-8-12-14(13)11-6-4-2/h7-8,10,12-13H,3-6,9,11H2,1-2H3. The van der Waals surface area contributed by atoms with Gasteiger partial charge in [0.05, 0.1) is 0 Å². The monoisotopic (exact) mass is 190 g/mol. The van der Waals surface area contributed by atoms with Crippen LogP contribution in [-0.2, 0) is 0 Å². The molecule has 0 saturated carbocycles. The van der Waals surface area contributed by atoms with E-state index in [1.54, 1.807) is 0 Å². The molecule has 1 aliphatic heterocycles. The Kier molecular flexibility index (Phi) is 5.74. The lowest BCUT2D eigenvalue weighted by atomic mass is 9.37. The summed E-state index contributed by atoms with van der Waals surface area (Å²) < 4.78 is 0. The molecule has 0 fully saturated rings. The number of allylic oxidation sites excluding steroid dienone is 3. The first-order valence-corrected chi connectivity index (χ1v) is 6.23. The first kappa shape index (κ1) is 11.6. The Hall–Kier alpha value is -0.455. The van der Waals surface area contributed by atoms with E-state index in [2.05, 4.69) is 38.1 Å². The van der Waals surface area contributed by atoms with Crippen LogP contribution in [0.3, 0.4) is 0 Å². The second kappa shape index (κ2) is 6.92. The molecule has 0 bridgehead atoms. The smallest absolute Gasteiger partial charge is 0.114 e. The molecule has 1 aliphatic rings. The summed E-state index contributed by atoms with van der Waals surface area (Å²) in [5, 5.41) is 0. The first-order valence-electron chi connectivity index (χ1n) is 6.23. The fourth-order valence-corrected chi connectivity index (χ4v) is 2.20. The lowest BCUT2D eigenvalue weighted by Crippen LogP contribution is -2.18. The third-order valence-corrected chi connectivity index (χ3v) is 3.16. The maximum Gasteiger partial charge on any atom is 0.173 e. The van der Waals surface area contributed by atoms with Gasteiger partial charge in [0.15, 0.2) is 6.71 Å². The lowest BCUT2D eigenvalue weighted by Gasteiger charge is -2.20. The van der Waals surface area contributed by atoms with Crippen molar-refractivity contribution in [3.05, 3.63) is 24.2 Å². The van der Waals surface area contributed by atoms with Crippen molar-refractivity contribution in [1.29, 1.82) is 0 Å². The second-order valence-electron chi connectivity index (χ2n) is 4.38. The van der Waals surface area contributed by atoms with Crippen LogP contribution in [0.4, 0.5) is 0 Å². The zero-order valence-corrected chi connectivity index (χ0v) is 9.71. The Morgan fingerprint density at radius 2 is 1.86 bits per heavy atom. The molecule has 0 aromatic heterocycles. The molecule has 0 spiro atoms. The Bertz CT molecular complexity index is 171. The zero-order chi connectivity index (χ0) is 10.2. The summed E-state index contributed by atoms with van der Waals surface area (Å²) in [5.41, 5.74) is 0. The average Bonchev–Trinajstić information content (AvgIpc) is 2.24. The largest absolute Gasteiger partial charge is 0.173 e. The summed E-state index contributed by atoms with van der Waals surface area (Å²) in [7, 11) is 0. The van der Waals surface area contributed by atoms with E-state index < -0.39 is 0 Å². The van der Waals surface area contributed by atoms with Crippen LogP contribution in [0.25, 0.3) is 0 Å². The number of unbranched alkanes of at least 4 members (excludes halogenated alkanes) is 2. The highest BCUT2D eigenvalue weighted by molar-refractivity contribution is 6.66. The summed E-state index contributed by atoms with van der Waals surface area (Å²) >= 11 is 0. The Labute approximate surface area is 89.6 Å². The molecule has 0 N–H and O–H groups in total. The van der Waals surface area contributed by atoms with Gasteiger partial charge >= 0.3 is 0 Å². The van der Waals surface area contributed by atoms with Crippen LogP contribution in [0.15, 0.2) is 24.2 Å². The number of hydrogen-bond acceptors (Lipinski definition) is 0. The lowest BCUT2D eigenvalue weighted by molar-refractivity contribution is 0.715. The van der Waals surface area contributed by atoms with E-state index in [9.17, 15) is 0 Å². The van der Waals surface area contributed by atoms with Crippen LogP contribution < -0.4 is 0 Å². The van der Waals surface area contributed by atoms with Crippen LogP contribution in [0.2, 0.25) is 12.1 Å². The Morgan fingerprint density at radius 3 is 2.57 bits per heavy atom. The van der Waals surface area contributed by atoms with Crippen molar-refractivity contribution in [1.82, 2.24) is 0 Å². The van der Waals surface area contributed by atoms with E-state index in [0.717, 1.165) is 12.5 Å². The van der Waals surface area contributed by atoms with Gasteiger partial charge in [-0.2, -0.15) is 0 Å². The predicted molar refractivity (Wildman–Crippen MR) is 67.0 cm³/mol. The van der Waals surface area contributed by atoms with Gasteiger partial charge < -0.3 is 0 Å².